The molecule has 0 bridgehead atoms. The number of likely N-dealkylation sites (tertiary alicyclic amines) is 1. The van der Waals surface area contributed by atoms with Crippen LogP contribution in [-0.4, -0.2) is 104 Å². The number of fused-ring (bicyclic) bond motifs is 3. The number of hydrogen-bond donors (Lipinski definition) is 1. The molecule has 0 saturated carbocycles. The van der Waals surface area contributed by atoms with Gasteiger partial charge in [-0.05, 0) is 49.2 Å². The van der Waals surface area contributed by atoms with Gasteiger partial charge in [-0.15, -0.1) is 0 Å². The molecule has 2 aromatic carbocycles. The van der Waals surface area contributed by atoms with Crippen molar-refractivity contribution in [2.24, 2.45) is 5.92 Å². The fourth-order valence-corrected chi connectivity index (χ4v) is 7.67. The van der Waals surface area contributed by atoms with Crippen LogP contribution in [0.15, 0.2) is 53.2 Å². The highest BCUT2D eigenvalue weighted by Crippen LogP contribution is 2.41. The molecule has 3 aromatic heterocycles. The molecule has 258 valence electrons. The molecule has 0 spiro atoms. The van der Waals surface area contributed by atoms with Crippen molar-refractivity contribution >= 4 is 39.5 Å². The fraction of sp³-hybridized carbons (Fsp3) is 0.389. The average Bonchev–Trinajstić information content (AvgIpc) is 3.77. The molecule has 5 aromatic rings. The largest absolute Gasteiger partial charge is 0.508 e. The number of ether oxygens (including phenoxy) is 1. The second-order valence-electron chi connectivity index (χ2n) is 13.6. The van der Waals surface area contributed by atoms with E-state index in [9.17, 15) is 14.3 Å². The number of aromatic hydroxyl groups is 1. The zero-order valence-electron chi connectivity index (χ0n) is 27.7. The van der Waals surface area contributed by atoms with Crippen LogP contribution in [0.3, 0.4) is 0 Å². The van der Waals surface area contributed by atoms with Gasteiger partial charge in [0.25, 0.3) is 5.89 Å². The van der Waals surface area contributed by atoms with Crippen molar-refractivity contribution in [1.82, 2.24) is 34.9 Å². The van der Waals surface area contributed by atoms with Crippen molar-refractivity contribution < 1.29 is 27.9 Å². The SMILES string of the molecule is Cc1noc(/C=C/C(=O)N2CC(CN(C)c3nc(OCC45CCCN4C[C@H](F)C5)nc4c(F)c(-c5cc(O)cc6ccccc56)ncc34)C2)n1. The number of aromatic nitrogens is 5. The maximum Gasteiger partial charge on any atom is 0.319 e. The second-order valence-corrected chi connectivity index (χ2v) is 13.6. The number of rotatable bonds is 9. The monoisotopic (exact) mass is 682 g/mol. The molecule has 3 saturated heterocycles. The molecule has 2 atom stereocenters. The number of alkyl halides is 1. The number of phenols is 1. The number of nitrogens with zero attached hydrogens (tertiary/aromatic N) is 8. The molecular weight excluding hydrogens is 646 g/mol. The van der Waals surface area contributed by atoms with Gasteiger partial charge in [0.1, 0.15) is 35.6 Å². The van der Waals surface area contributed by atoms with E-state index in [1.165, 1.54) is 18.2 Å². The van der Waals surface area contributed by atoms with Gasteiger partial charge in [-0.25, -0.2) is 8.78 Å². The number of benzene rings is 2. The summed E-state index contributed by atoms with van der Waals surface area (Å²) in [5, 5.41) is 16.1. The number of hydrogen-bond acceptors (Lipinski definition) is 11. The lowest BCUT2D eigenvalue weighted by Crippen LogP contribution is -2.53. The molecule has 6 heterocycles. The third kappa shape index (κ3) is 5.86. The minimum Gasteiger partial charge on any atom is -0.508 e. The van der Waals surface area contributed by atoms with Gasteiger partial charge in [0.15, 0.2) is 11.6 Å². The molecule has 0 aliphatic carbocycles. The number of carbonyl (C=O) groups excluding carboxylic acids is 1. The van der Waals surface area contributed by atoms with Crippen LogP contribution in [-0.2, 0) is 4.79 Å². The van der Waals surface area contributed by atoms with E-state index in [1.807, 2.05) is 36.2 Å². The van der Waals surface area contributed by atoms with Crippen LogP contribution in [0, 0.1) is 18.7 Å². The van der Waals surface area contributed by atoms with Gasteiger partial charge in [-0.3, -0.25) is 14.7 Å². The van der Waals surface area contributed by atoms with Crippen LogP contribution >= 0.6 is 0 Å². The summed E-state index contributed by atoms with van der Waals surface area (Å²) in [5.74, 6) is 0.456. The summed E-state index contributed by atoms with van der Waals surface area (Å²) in [6, 6.07) is 10.5. The number of aryl methyl sites for hydroxylation is 1. The van der Waals surface area contributed by atoms with Crippen molar-refractivity contribution in [3.05, 3.63) is 66.2 Å². The van der Waals surface area contributed by atoms with Crippen LogP contribution in [0.5, 0.6) is 11.8 Å². The highest BCUT2D eigenvalue weighted by atomic mass is 19.1. The predicted octanol–water partition coefficient (Wildman–Crippen LogP) is 4.94. The maximum atomic E-state index is 16.7. The smallest absolute Gasteiger partial charge is 0.319 e. The predicted molar refractivity (Wildman–Crippen MR) is 182 cm³/mol. The van der Waals surface area contributed by atoms with E-state index in [2.05, 4.69) is 25.0 Å². The number of anilines is 1. The summed E-state index contributed by atoms with van der Waals surface area (Å²) in [5.41, 5.74) is 0.0530. The van der Waals surface area contributed by atoms with E-state index in [0.29, 0.717) is 55.2 Å². The first kappa shape index (κ1) is 32.0. The molecule has 3 aliphatic rings. The molecule has 1 N–H and O–H groups in total. The Labute approximate surface area is 286 Å². The summed E-state index contributed by atoms with van der Waals surface area (Å²) >= 11 is 0. The number of phenolic OH excluding ortho intramolecular Hbond substituents is 1. The molecule has 1 amide bonds. The Bertz CT molecular complexity index is 2140. The van der Waals surface area contributed by atoms with Gasteiger partial charge in [-0.1, -0.05) is 29.4 Å². The van der Waals surface area contributed by atoms with E-state index >= 15 is 4.39 Å². The second kappa shape index (κ2) is 12.6. The quantitative estimate of drug-likeness (QED) is 0.212. The first-order valence-electron chi connectivity index (χ1n) is 16.7. The third-order valence-electron chi connectivity index (χ3n) is 10.1. The zero-order chi connectivity index (χ0) is 34.6. The van der Waals surface area contributed by atoms with Crippen LogP contribution in [0.25, 0.3) is 39.0 Å². The summed E-state index contributed by atoms with van der Waals surface area (Å²) in [7, 11) is 1.85. The Morgan fingerprint density at radius 3 is 2.84 bits per heavy atom. The number of pyridine rings is 1. The molecule has 8 rings (SSSR count). The molecule has 1 unspecified atom stereocenters. The summed E-state index contributed by atoms with van der Waals surface area (Å²) < 4.78 is 42.5. The molecule has 3 aliphatic heterocycles. The minimum atomic E-state index is -0.922. The Morgan fingerprint density at radius 1 is 1.18 bits per heavy atom. The van der Waals surface area contributed by atoms with Gasteiger partial charge in [0.2, 0.25) is 5.91 Å². The minimum absolute atomic E-state index is 0.00786. The van der Waals surface area contributed by atoms with E-state index in [1.54, 1.807) is 24.1 Å². The molecule has 0 radical (unpaired) electrons. The van der Waals surface area contributed by atoms with Gasteiger partial charge in [0, 0.05) is 69.5 Å². The molecule has 50 heavy (non-hydrogen) atoms. The Balaban J connectivity index is 1.09. The first-order chi connectivity index (χ1) is 24.2. The Hall–Kier alpha value is -5.24. The van der Waals surface area contributed by atoms with Crippen molar-refractivity contribution in [2.75, 3.05) is 51.3 Å². The molecule has 12 nitrogen and oxygen atoms in total. The van der Waals surface area contributed by atoms with Gasteiger partial charge < -0.3 is 24.2 Å². The Morgan fingerprint density at radius 2 is 2.02 bits per heavy atom. The van der Waals surface area contributed by atoms with Crippen molar-refractivity contribution in [2.45, 2.75) is 37.9 Å². The molecule has 3 fully saturated rings. The van der Waals surface area contributed by atoms with E-state index in [0.717, 1.165) is 30.2 Å². The van der Waals surface area contributed by atoms with Crippen molar-refractivity contribution in [3.63, 3.8) is 0 Å². The van der Waals surface area contributed by atoms with E-state index < -0.39 is 17.5 Å². The van der Waals surface area contributed by atoms with Crippen LogP contribution in [0.1, 0.15) is 31.0 Å². The summed E-state index contributed by atoms with van der Waals surface area (Å²) in [6.45, 7) is 4.64. The lowest BCUT2D eigenvalue weighted by atomic mass is 9.95. The normalized spacial score (nSPS) is 21.0. The van der Waals surface area contributed by atoms with Crippen LogP contribution in [0.2, 0.25) is 0 Å². The zero-order valence-corrected chi connectivity index (χ0v) is 27.7. The standard InChI is InChI=1S/C36H36F2N8O4/c1-21-40-29(50-43-21)8-9-30(48)45-17-22(18-45)16-44(2)34-28-15-39-32(27-13-25(47)12-23-6-3-4-7-26(23)27)31(38)33(28)41-35(42-34)49-20-36-10-5-11-46(36)19-24(37)14-36/h3-4,6-9,12-13,15,22,24,47H,5,10-11,14,16-20H2,1-2H3/b9-8+/t24-,36?/m1/s1. The van der Waals surface area contributed by atoms with Gasteiger partial charge in [-0.2, -0.15) is 15.0 Å². The van der Waals surface area contributed by atoms with Crippen molar-refractivity contribution in [1.29, 1.82) is 0 Å². The lowest BCUT2D eigenvalue weighted by Gasteiger charge is -2.40. The van der Waals surface area contributed by atoms with Crippen molar-refractivity contribution in [3.8, 4) is 23.0 Å². The average molecular weight is 683 g/mol. The molecule has 14 heteroatoms. The number of carbonyl (C=O) groups is 1. The van der Waals surface area contributed by atoms with Gasteiger partial charge >= 0.3 is 6.01 Å². The highest BCUT2D eigenvalue weighted by molar-refractivity contribution is 6.00. The summed E-state index contributed by atoms with van der Waals surface area (Å²) in [4.78, 5) is 36.4. The highest BCUT2D eigenvalue weighted by Gasteiger charge is 2.49. The number of amides is 1. The first-order valence-corrected chi connectivity index (χ1v) is 16.7. The third-order valence-corrected chi connectivity index (χ3v) is 10.1. The topological polar surface area (TPSA) is 134 Å². The number of halogens is 2. The molecular formula is C36H36F2N8O4. The van der Waals surface area contributed by atoms with E-state index in [-0.39, 0.29) is 47.3 Å². The fourth-order valence-electron chi connectivity index (χ4n) is 7.67. The van der Waals surface area contributed by atoms with E-state index in [4.69, 9.17) is 14.2 Å². The lowest BCUT2D eigenvalue weighted by molar-refractivity contribution is -0.131. The maximum absolute atomic E-state index is 16.7. The van der Waals surface area contributed by atoms with Gasteiger partial charge in [0.05, 0.1) is 10.9 Å². The summed E-state index contributed by atoms with van der Waals surface area (Å²) in [6.07, 6.45) is 5.67. The Kier molecular flexibility index (Phi) is 8.05. The van der Waals surface area contributed by atoms with Crippen LogP contribution < -0.4 is 9.64 Å². The van der Waals surface area contributed by atoms with Crippen LogP contribution in [0.4, 0.5) is 14.6 Å².